The van der Waals surface area contributed by atoms with Crippen LogP contribution in [0.2, 0.25) is 0 Å². The normalized spacial score (nSPS) is 18.1. The van der Waals surface area contributed by atoms with Crippen LogP contribution in [0.25, 0.3) is 10.9 Å². The van der Waals surface area contributed by atoms with Gasteiger partial charge in [-0.1, -0.05) is 19.9 Å². The Morgan fingerprint density at radius 2 is 2.09 bits per heavy atom. The van der Waals surface area contributed by atoms with Gasteiger partial charge in [-0.3, -0.25) is 14.4 Å². The van der Waals surface area contributed by atoms with Crippen LogP contribution >= 0.6 is 0 Å². The fourth-order valence-electron chi connectivity index (χ4n) is 4.18. The molecule has 1 saturated heterocycles. The van der Waals surface area contributed by atoms with Gasteiger partial charge in [-0.25, -0.2) is 0 Å². The van der Waals surface area contributed by atoms with Crippen LogP contribution in [0.1, 0.15) is 43.6 Å². The van der Waals surface area contributed by atoms with Crippen molar-refractivity contribution in [3.05, 3.63) is 30.0 Å². The summed E-state index contributed by atoms with van der Waals surface area (Å²) in [4.78, 5) is 41.1. The van der Waals surface area contributed by atoms with Crippen molar-refractivity contribution >= 4 is 28.6 Å². The second-order valence-corrected chi connectivity index (χ2v) is 8.96. The minimum absolute atomic E-state index is 0.0822. The molecule has 10 nitrogen and oxygen atoms in total. The van der Waals surface area contributed by atoms with Gasteiger partial charge in [0.1, 0.15) is 17.5 Å². The zero-order valence-corrected chi connectivity index (χ0v) is 19.6. The summed E-state index contributed by atoms with van der Waals surface area (Å²) < 4.78 is 5.34. The third-order valence-corrected chi connectivity index (χ3v) is 5.96. The van der Waals surface area contributed by atoms with Gasteiger partial charge in [-0.15, -0.1) is 0 Å². The number of fused-ring (bicyclic) bond motifs is 1. The molecule has 0 bridgehead atoms. The van der Waals surface area contributed by atoms with E-state index in [9.17, 15) is 24.8 Å². The largest absolute Gasteiger partial charge is 0.496 e. The van der Waals surface area contributed by atoms with Crippen LogP contribution in [0, 0.1) is 23.2 Å². The number of aliphatic hydroxyl groups is 1. The summed E-state index contributed by atoms with van der Waals surface area (Å²) in [5, 5.41) is 28.3. The van der Waals surface area contributed by atoms with E-state index >= 15 is 0 Å². The molecule has 1 aromatic heterocycles. The lowest BCUT2D eigenvalue weighted by Gasteiger charge is -2.26. The van der Waals surface area contributed by atoms with Crippen LogP contribution in [-0.4, -0.2) is 59.7 Å². The number of hydrogen-bond acceptors (Lipinski definition) is 6. The Hall–Kier alpha value is -3.58. The number of carbonyl (C=O) groups is 3. The molecule has 1 aromatic carbocycles. The first kappa shape index (κ1) is 25.1. The lowest BCUT2D eigenvalue weighted by atomic mass is 9.94. The second-order valence-electron chi connectivity index (χ2n) is 8.96. The summed E-state index contributed by atoms with van der Waals surface area (Å²) in [6.45, 7) is 4.36. The van der Waals surface area contributed by atoms with Gasteiger partial charge in [-0.05, 0) is 43.4 Å². The van der Waals surface area contributed by atoms with Crippen LogP contribution in [0.4, 0.5) is 0 Å². The van der Waals surface area contributed by atoms with E-state index in [2.05, 4.69) is 20.9 Å². The summed E-state index contributed by atoms with van der Waals surface area (Å²) >= 11 is 0. The molecule has 1 fully saturated rings. The molecular formula is C24H31N5O5. The molecule has 0 saturated carbocycles. The number of methoxy groups -OCH3 is 1. The van der Waals surface area contributed by atoms with Gasteiger partial charge >= 0.3 is 0 Å². The number of hydrogen-bond donors (Lipinski definition) is 5. The van der Waals surface area contributed by atoms with Gasteiger partial charge in [-0.2, -0.15) is 5.26 Å². The zero-order chi connectivity index (χ0) is 24.8. The molecule has 3 rings (SSSR count). The molecule has 1 aliphatic heterocycles. The molecule has 2 heterocycles. The SMILES string of the molecule is COc1cccc2[nH]c(C(=O)N[C@H](CC(C)C)C(=O)NC(CC3CCNC3=O)C(O)C#N)cc12. The first-order chi connectivity index (χ1) is 16.2. The first-order valence-corrected chi connectivity index (χ1v) is 11.4. The molecule has 2 aromatic rings. The Morgan fingerprint density at radius 3 is 2.71 bits per heavy atom. The average molecular weight is 470 g/mol. The monoisotopic (exact) mass is 469 g/mol. The second kappa shape index (κ2) is 11.0. The molecule has 182 valence electrons. The van der Waals surface area contributed by atoms with Gasteiger partial charge in [0.25, 0.3) is 5.91 Å². The van der Waals surface area contributed by atoms with Crippen molar-refractivity contribution in [2.24, 2.45) is 11.8 Å². The van der Waals surface area contributed by atoms with Crippen LogP contribution in [0.15, 0.2) is 24.3 Å². The van der Waals surface area contributed by atoms with Gasteiger partial charge in [0.2, 0.25) is 11.8 Å². The number of nitrogens with one attached hydrogen (secondary N) is 4. The number of benzene rings is 1. The summed E-state index contributed by atoms with van der Waals surface area (Å²) in [6.07, 6.45) is -0.426. The molecule has 0 radical (unpaired) electrons. The zero-order valence-electron chi connectivity index (χ0n) is 19.6. The van der Waals surface area contributed by atoms with Crippen molar-refractivity contribution in [2.45, 2.75) is 51.3 Å². The van der Waals surface area contributed by atoms with Crippen molar-refractivity contribution in [1.82, 2.24) is 20.9 Å². The number of rotatable bonds is 10. The highest BCUT2D eigenvalue weighted by Gasteiger charge is 2.33. The standard InChI is InChI=1S/C24H31N5O5/c1-13(2)9-18(23(32)28-17(20(30)12-25)10-14-7-8-26-22(14)31)29-24(33)19-11-15-16(27-19)5-4-6-21(15)34-3/h4-6,11,13-14,17-18,20,27,30H,7-10H2,1-3H3,(H,26,31)(H,28,32)(H,29,33)/t14?,17?,18-,20?/m1/s1. The third kappa shape index (κ3) is 5.85. The Balaban J connectivity index is 1.75. The highest BCUT2D eigenvalue weighted by atomic mass is 16.5. The number of ether oxygens (including phenoxy) is 1. The summed E-state index contributed by atoms with van der Waals surface area (Å²) in [5.41, 5.74) is 0.999. The maximum absolute atomic E-state index is 13.1. The molecule has 3 amide bonds. The van der Waals surface area contributed by atoms with Crippen molar-refractivity contribution in [1.29, 1.82) is 5.26 Å². The first-order valence-electron chi connectivity index (χ1n) is 11.4. The Bertz CT molecular complexity index is 1090. The fraction of sp³-hybridized carbons (Fsp3) is 0.500. The maximum Gasteiger partial charge on any atom is 0.268 e. The van der Waals surface area contributed by atoms with Crippen molar-refractivity contribution in [3.63, 3.8) is 0 Å². The van der Waals surface area contributed by atoms with E-state index in [0.717, 1.165) is 10.9 Å². The third-order valence-electron chi connectivity index (χ3n) is 5.96. The molecule has 5 N–H and O–H groups in total. The molecular weight excluding hydrogens is 438 g/mol. The summed E-state index contributed by atoms with van der Waals surface area (Å²) in [6, 6.07) is 6.98. The molecule has 0 spiro atoms. The lowest BCUT2D eigenvalue weighted by molar-refractivity contribution is -0.126. The van der Waals surface area contributed by atoms with Crippen LogP contribution in [0.3, 0.4) is 0 Å². The molecule has 34 heavy (non-hydrogen) atoms. The topological polar surface area (TPSA) is 156 Å². The lowest BCUT2D eigenvalue weighted by Crippen LogP contribution is -2.53. The predicted molar refractivity (Wildman–Crippen MR) is 125 cm³/mol. The Kier molecular flexibility index (Phi) is 8.12. The van der Waals surface area contributed by atoms with E-state index in [0.29, 0.717) is 25.1 Å². The Morgan fingerprint density at radius 1 is 1.32 bits per heavy atom. The van der Waals surface area contributed by atoms with E-state index in [4.69, 9.17) is 4.74 Å². The quantitative estimate of drug-likeness (QED) is 0.329. The van der Waals surface area contributed by atoms with Gasteiger partial charge < -0.3 is 30.8 Å². The predicted octanol–water partition coefficient (Wildman–Crippen LogP) is 1.22. The number of carbonyl (C=O) groups excluding carboxylic acids is 3. The highest BCUT2D eigenvalue weighted by molar-refractivity contribution is 6.01. The molecule has 1 aliphatic rings. The Labute approximate surface area is 198 Å². The van der Waals surface area contributed by atoms with Crippen molar-refractivity contribution in [2.75, 3.05) is 13.7 Å². The molecule has 3 unspecified atom stereocenters. The van der Waals surface area contributed by atoms with E-state index in [1.807, 2.05) is 19.9 Å². The smallest absolute Gasteiger partial charge is 0.268 e. The van der Waals surface area contributed by atoms with Gasteiger partial charge in [0, 0.05) is 23.4 Å². The number of amides is 3. The minimum atomic E-state index is -1.48. The highest BCUT2D eigenvalue weighted by Crippen LogP contribution is 2.26. The summed E-state index contributed by atoms with van der Waals surface area (Å²) in [7, 11) is 1.55. The van der Waals surface area contributed by atoms with E-state index < -0.39 is 35.9 Å². The van der Waals surface area contributed by atoms with Crippen LogP contribution in [-0.2, 0) is 9.59 Å². The van der Waals surface area contributed by atoms with E-state index in [-0.39, 0.29) is 23.9 Å². The molecule has 0 aliphatic carbocycles. The molecule has 10 heteroatoms. The van der Waals surface area contributed by atoms with Gasteiger partial charge in [0.15, 0.2) is 6.10 Å². The van der Waals surface area contributed by atoms with E-state index in [1.165, 1.54) is 0 Å². The number of aromatic amines is 1. The number of aromatic nitrogens is 1. The average Bonchev–Trinajstić information content (AvgIpc) is 3.43. The van der Waals surface area contributed by atoms with Crippen molar-refractivity contribution in [3.8, 4) is 11.8 Å². The van der Waals surface area contributed by atoms with E-state index in [1.54, 1.807) is 31.4 Å². The number of aliphatic hydroxyl groups excluding tert-OH is 1. The minimum Gasteiger partial charge on any atom is -0.496 e. The number of H-pyrrole nitrogens is 1. The fourth-order valence-corrected chi connectivity index (χ4v) is 4.18. The van der Waals surface area contributed by atoms with Crippen LogP contribution in [0.5, 0.6) is 5.75 Å². The maximum atomic E-state index is 13.1. The van der Waals surface area contributed by atoms with Crippen LogP contribution < -0.4 is 20.7 Å². The number of nitrogens with zero attached hydrogens (tertiary/aromatic N) is 1. The summed E-state index contributed by atoms with van der Waals surface area (Å²) in [5.74, 6) is -0.842. The van der Waals surface area contributed by atoms with Crippen molar-refractivity contribution < 1.29 is 24.2 Å². The molecule has 4 atom stereocenters. The van der Waals surface area contributed by atoms with Gasteiger partial charge in [0.05, 0.1) is 19.2 Å². The number of nitriles is 1.